The summed E-state index contributed by atoms with van der Waals surface area (Å²) in [6.07, 6.45) is 0. The molecule has 4 nitrogen and oxygen atoms in total. The molecule has 1 fully saturated rings. The fourth-order valence-electron chi connectivity index (χ4n) is 2.44. The zero-order valence-electron chi connectivity index (χ0n) is 11.8. The lowest BCUT2D eigenvalue weighted by Gasteiger charge is -2.34. The average Bonchev–Trinajstić information content (AvgIpc) is 2.38. The number of hydrogen-bond acceptors (Lipinski definition) is 4. The fraction of sp³-hybridized carbons (Fsp3) is 0.571. The number of nitrogens with zero attached hydrogens (tertiary/aromatic N) is 2. The van der Waals surface area contributed by atoms with Crippen LogP contribution in [0.2, 0.25) is 0 Å². The summed E-state index contributed by atoms with van der Waals surface area (Å²) >= 11 is 3.53. The van der Waals surface area contributed by atoms with Gasteiger partial charge in [0.1, 0.15) is 5.75 Å². The van der Waals surface area contributed by atoms with Crippen LogP contribution in [0.5, 0.6) is 5.75 Å². The van der Waals surface area contributed by atoms with E-state index < -0.39 is 0 Å². The lowest BCUT2D eigenvalue weighted by atomic mass is 10.2. The molecule has 2 rings (SSSR count). The Morgan fingerprint density at radius 2 is 2.32 bits per heavy atom. The maximum Gasteiger partial charge on any atom is 0.133 e. The van der Waals surface area contributed by atoms with Crippen LogP contribution in [-0.2, 0) is 0 Å². The first-order chi connectivity index (χ1) is 9.10. The number of ether oxygens (including phenoxy) is 1. The van der Waals surface area contributed by atoms with Gasteiger partial charge in [0.15, 0.2) is 0 Å². The van der Waals surface area contributed by atoms with Gasteiger partial charge in [0.25, 0.3) is 0 Å². The third kappa shape index (κ3) is 3.84. The van der Waals surface area contributed by atoms with Gasteiger partial charge in [-0.15, -0.1) is 0 Å². The number of nitrogens with one attached hydrogen (secondary N) is 1. The largest absolute Gasteiger partial charge is 0.496 e. The van der Waals surface area contributed by atoms with E-state index >= 15 is 0 Å². The number of methoxy groups -OCH3 is 1. The van der Waals surface area contributed by atoms with Crippen molar-refractivity contribution >= 4 is 21.6 Å². The fourth-order valence-corrected chi connectivity index (χ4v) is 2.97. The number of piperazine rings is 1. The molecular weight excluding hydrogens is 306 g/mol. The van der Waals surface area contributed by atoms with E-state index in [1.54, 1.807) is 7.11 Å². The molecule has 19 heavy (non-hydrogen) atoms. The van der Waals surface area contributed by atoms with E-state index in [1.165, 1.54) is 5.69 Å². The Balaban J connectivity index is 1.99. The molecule has 1 atom stereocenters. The number of likely N-dealkylation sites (N-methyl/N-ethyl adjacent to an activating group) is 2. The average molecular weight is 328 g/mol. The van der Waals surface area contributed by atoms with Crippen LogP contribution in [0, 0.1) is 0 Å². The molecule has 1 N–H and O–H groups in total. The molecule has 1 aromatic carbocycles. The Kier molecular flexibility index (Phi) is 5.07. The predicted octanol–water partition coefficient (Wildman–Crippen LogP) is 1.80. The van der Waals surface area contributed by atoms with E-state index in [9.17, 15) is 0 Å². The summed E-state index contributed by atoms with van der Waals surface area (Å²) in [6, 6.07) is 6.71. The van der Waals surface area contributed by atoms with E-state index in [-0.39, 0.29) is 0 Å². The van der Waals surface area contributed by atoms with Crippen molar-refractivity contribution < 1.29 is 4.74 Å². The van der Waals surface area contributed by atoms with Crippen molar-refractivity contribution in [3.05, 3.63) is 22.7 Å². The van der Waals surface area contributed by atoms with Crippen molar-refractivity contribution in [2.24, 2.45) is 0 Å². The molecular formula is C14H22BrN3O. The summed E-state index contributed by atoms with van der Waals surface area (Å²) in [4.78, 5) is 4.65. The number of hydrogen-bond donors (Lipinski definition) is 1. The van der Waals surface area contributed by atoms with E-state index in [0.717, 1.165) is 36.4 Å². The quantitative estimate of drug-likeness (QED) is 0.912. The summed E-state index contributed by atoms with van der Waals surface area (Å²) in [7, 11) is 5.99. The van der Waals surface area contributed by atoms with Gasteiger partial charge in [0, 0.05) is 45.0 Å². The van der Waals surface area contributed by atoms with Crippen LogP contribution in [0.15, 0.2) is 22.7 Å². The number of halogens is 1. The molecule has 0 bridgehead atoms. The number of anilines is 1. The molecule has 0 amide bonds. The highest BCUT2D eigenvalue weighted by atomic mass is 79.9. The van der Waals surface area contributed by atoms with Gasteiger partial charge < -0.3 is 19.9 Å². The second-order valence-electron chi connectivity index (χ2n) is 5.11. The van der Waals surface area contributed by atoms with Crippen molar-refractivity contribution in [3.63, 3.8) is 0 Å². The van der Waals surface area contributed by atoms with Crippen LogP contribution in [0.1, 0.15) is 0 Å². The van der Waals surface area contributed by atoms with Crippen molar-refractivity contribution in [2.45, 2.75) is 6.04 Å². The molecule has 1 aliphatic rings. The van der Waals surface area contributed by atoms with E-state index in [0.29, 0.717) is 6.04 Å². The molecule has 1 aromatic rings. The first-order valence-electron chi connectivity index (χ1n) is 6.56. The standard InChI is InChI=1S/C14H22BrN3O/c1-17-7-6-16-11(9-17)10-18(2)12-4-5-14(19-3)13(15)8-12/h4-5,8,11,16H,6-7,9-10H2,1-3H3. The van der Waals surface area contributed by atoms with Gasteiger partial charge in [-0.2, -0.15) is 0 Å². The van der Waals surface area contributed by atoms with Crippen LogP contribution in [0.4, 0.5) is 5.69 Å². The van der Waals surface area contributed by atoms with Crippen molar-refractivity contribution in [3.8, 4) is 5.75 Å². The van der Waals surface area contributed by atoms with Crippen LogP contribution < -0.4 is 15.0 Å². The molecule has 0 radical (unpaired) electrons. The number of benzene rings is 1. The first kappa shape index (κ1) is 14.6. The molecule has 1 saturated heterocycles. The topological polar surface area (TPSA) is 27.7 Å². The van der Waals surface area contributed by atoms with Gasteiger partial charge in [0.05, 0.1) is 11.6 Å². The van der Waals surface area contributed by atoms with E-state index in [2.05, 4.69) is 57.3 Å². The molecule has 1 aliphatic heterocycles. The first-order valence-corrected chi connectivity index (χ1v) is 7.36. The summed E-state index contributed by atoms with van der Waals surface area (Å²) in [6.45, 7) is 4.31. The van der Waals surface area contributed by atoms with Gasteiger partial charge >= 0.3 is 0 Å². The number of rotatable bonds is 4. The van der Waals surface area contributed by atoms with E-state index in [4.69, 9.17) is 4.74 Å². The Morgan fingerprint density at radius 1 is 1.53 bits per heavy atom. The van der Waals surface area contributed by atoms with Gasteiger partial charge in [0.2, 0.25) is 0 Å². The lowest BCUT2D eigenvalue weighted by molar-refractivity contribution is 0.241. The molecule has 0 aliphatic carbocycles. The van der Waals surface area contributed by atoms with Gasteiger partial charge in [-0.1, -0.05) is 0 Å². The summed E-state index contributed by atoms with van der Waals surface area (Å²) in [5, 5.41) is 3.57. The Bertz CT molecular complexity index is 427. The van der Waals surface area contributed by atoms with Gasteiger partial charge in [-0.25, -0.2) is 0 Å². The maximum absolute atomic E-state index is 5.26. The smallest absolute Gasteiger partial charge is 0.133 e. The van der Waals surface area contributed by atoms with Gasteiger partial charge in [-0.3, -0.25) is 0 Å². The highest BCUT2D eigenvalue weighted by molar-refractivity contribution is 9.10. The molecule has 0 saturated carbocycles. The van der Waals surface area contributed by atoms with Crippen molar-refractivity contribution in [1.29, 1.82) is 0 Å². The second-order valence-corrected chi connectivity index (χ2v) is 5.97. The molecule has 0 spiro atoms. The van der Waals surface area contributed by atoms with Crippen LogP contribution in [0.3, 0.4) is 0 Å². The third-order valence-corrected chi connectivity index (χ3v) is 4.15. The summed E-state index contributed by atoms with van der Waals surface area (Å²) in [5.41, 5.74) is 1.20. The van der Waals surface area contributed by atoms with Crippen LogP contribution in [-0.4, -0.2) is 58.3 Å². The minimum absolute atomic E-state index is 0.518. The van der Waals surface area contributed by atoms with Crippen LogP contribution in [0.25, 0.3) is 0 Å². The molecule has 0 aromatic heterocycles. The molecule has 1 heterocycles. The van der Waals surface area contributed by atoms with Crippen molar-refractivity contribution in [1.82, 2.24) is 10.2 Å². The molecule has 5 heteroatoms. The SMILES string of the molecule is COc1ccc(N(C)CC2CN(C)CCN2)cc1Br. The molecule has 106 valence electrons. The van der Waals surface area contributed by atoms with Gasteiger partial charge in [-0.05, 0) is 41.2 Å². The van der Waals surface area contributed by atoms with Crippen LogP contribution >= 0.6 is 15.9 Å². The monoisotopic (exact) mass is 327 g/mol. The second kappa shape index (κ2) is 6.59. The van der Waals surface area contributed by atoms with E-state index in [1.807, 2.05) is 6.07 Å². The Labute approximate surface area is 123 Å². The Hall–Kier alpha value is -0.780. The summed E-state index contributed by atoms with van der Waals surface area (Å²) < 4.78 is 6.25. The minimum Gasteiger partial charge on any atom is -0.496 e. The molecule has 1 unspecified atom stereocenters. The van der Waals surface area contributed by atoms with Crippen molar-refractivity contribution in [2.75, 3.05) is 52.3 Å². The zero-order valence-corrected chi connectivity index (χ0v) is 13.4. The minimum atomic E-state index is 0.518. The maximum atomic E-state index is 5.26. The Morgan fingerprint density at radius 3 is 2.95 bits per heavy atom. The lowest BCUT2D eigenvalue weighted by Crippen LogP contribution is -2.53. The predicted molar refractivity (Wildman–Crippen MR) is 83.3 cm³/mol. The summed E-state index contributed by atoms with van der Waals surface area (Å²) in [5.74, 6) is 0.868. The third-order valence-electron chi connectivity index (χ3n) is 3.53. The highest BCUT2D eigenvalue weighted by Crippen LogP contribution is 2.29. The highest BCUT2D eigenvalue weighted by Gasteiger charge is 2.18. The normalized spacial score (nSPS) is 20.3. The zero-order chi connectivity index (χ0) is 13.8.